The summed E-state index contributed by atoms with van der Waals surface area (Å²) in [6.45, 7) is 3.30. The standard InChI is InChI=1S/C17H16FN5O2/c1-10-7-14(23-17(19-10)20-15(21-23)16(24)25)22-6-5-12(9-22)11-3-2-4-13(18)8-11/h2-4,7-8,12H,5-6,9H2,1H3,(H,24,25). The minimum Gasteiger partial charge on any atom is -0.475 e. The molecule has 7 nitrogen and oxygen atoms in total. The Kier molecular flexibility index (Phi) is 3.60. The van der Waals surface area contributed by atoms with Crippen LogP contribution in [0.2, 0.25) is 0 Å². The maximum atomic E-state index is 13.5. The Bertz CT molecular complexity index is 971. The van der Waals surface area contributed by atoms with E-state index in [0.717, 1.165) is 30.0 Å². The number of anilines is 1. The third-order valence-corrected chi connectivity index (χ3v) is 4.45. The van der Waals surface area contributed by atoms with Crippen LogP contribution in [-0.4, -0.2) is 43.7 Å². The van der Waals surface area contributed by atoms with E-state index in [4.69, 9.17) is 5.11 Å². The number of fused-ring (bicyclic) bond motifs is 1. The molecule has 25 heavy (non-hydrogen) atoms. The van der Waals surface area contributed by atoms with E-state index in [1.165, 1.54) is 10.6 Å². The highest BCUT2D eigenvalue weighted by atomic mass is 19.1. The molecule has 1 fully saturated rings. The molecular formula is C17H16FN5O2. The quantitative estimate of drug-likeness (QED) is 0.787. The lowest BCUT2D eigenvalue weighted by Crippen LogP contribution is -2.22. The van der Waals surface area contributed by atoms with E-state index in [9.17, 15) is 9.18 Å². The maximum Gasteiger partial charge on any atom is 0.375 e. The number of aromatic carboxylic acids is 1. The van der Waals surface area contributed by atoms with Crippen LogP contribution in [0.3, 0.4) is 0 Å². The molecule has 4 rings (SSSR count). The molecule has 1 aliphatic heterocycles. The van der Waals surface area contributed by atoms with Gasteiger partial charge in [0.15, 0.2) is 0 Å². The highest BCUT2D eigenvalue weighted by molar-refractivity contribution is 5.83. The van der Waals surface area contributed by atoms with Gasteiger partial charge >= 0.3 is 5.97 Å². The molecule has 3 heterocycles. The first kappa shape index (κ1) is 15.5. The number of benzene rings is 1. The molecule has 1 saturated heterocycles. The molecule has 0 amide bonds. The average molecular weight is 341 g/mol. The van der Waals surface area contributed by atoms with Gasteiger partial charge in [0.25, 0.3) is 11.6 Å². The average Bonchev–Trinajstić information content (AvgIpc) is 3.21. The first-order valence-corrected chi connectivity index (χ1v) is 7.99. The van der Waals surface area contributed by atoms with Gasteiger partial charge < -0.3 is 10.0 Å². The van der Waals surface area contributed by atoms with Crippen molar-refractivity contribution in [3.8, 4) is 0 Å². The maximum absolute atomic E-state index is 13.5. The Balaban J connectivity index is 1.69. The molecule has 1 N–H and O–H groups in total. The minimum absolute atomic E-state index is 0.210. The molecule has 1 aliphatic rings. The zero-order chi connectivity index (χ0) is 17.6. The van der Waals surface area contributed by atoms with Crippen LogP contribution in [0.25, 0.3) is 5.78 Å². The normalized spacial score (nSPS) is 17.4. The number of nitrogens with zero attached hydrogens (tertiary/aromatic N) is 5. The summed E-state index contributed by atoms with van der Waals surface area (Å²) >= 11 is 0. The van der Waals surface area contributed by atoms with Gasteiger partial charge in [-0.3, -0.25) is 0 Å². The number of aromatic nitrogens is 4. The molecule has 128 valence electrons. The van der Waals surface area contributed by atoms with Crippen molar-refractivity contribution in [1.82, 2.24) is 19.6 Å². The summed E-state index contributed by atoms with van der Waals surface area (Å²) in [6, 6.07) is 8.52. The van der Waals surface area contributed by atoms with Crippen molar-refractivity contribution in [1.29, 1.82) is 0 Å². The molecular weight excluding hydrogens is 325 g/mol. The lowest BCUT2D eigenvalue weighted by atomic mass is 9.98. The number of hydrogen-bond donors (Lipinski definition) is 1. The smallest absolute Gasteiger partial charge is 0.375 e. The van der Waals surface area contributed by atoms with Gasteiger partial charge in [0.1, 0.15) is 11.6 Å². The Hall–Kier alpha value is -3.03. The van der Waals surface area contributed by atoms with Gasteiger partial charge in [-0.2, -0.15) is 9.50 Å². The minimum atomic E-state index is -1.19. The van der Waals surface area contributed by atoms with E-state index in [-0.39, 0.29) is 23.3 Å². The molecule has 0 radical (unpaired) electrons. The second kappa shape index (κ2) is 5.80. The van der Waals surface area contributed by atoms with Crippen LogP contribution < -0.4 is 4.90 Å². The number of carboxylic acids is 1. The largest absolute Gasteiger partial charge is 0.475 e. The van der Waals surface area contributed by atoms with Gasteiger partial charge in [0, 0.05) is 30.8 Å². The van der Waals surface area contributed by atoms with Crippen LogP contribution in [0.5, 0.6) is 0 Å². The Morgan fingerprint density at radius 2 is 2.16 bits per heavy atom. The van der Waals surface area contributed by atoms with E-state index in [1.807, 2.05) is 19.1 Å². The van der Waals surface area contributed by atoms with Crippen molar-refractivity contribution in [3.63, 3.8) is 0 Å². The summed E-state index contributed by atoms with van der Waals surface area (Å²) in [5.74, 6) is -0.474. The van der Waals surface area contributed by atoms with Crippen molar-refractivity contribution in [2.24, 2.45) is 0 Å². The first-order valence-electron chi connectivity index (χ1n) is 7.99. The molecule has 1 atom stereocenters. The molecule has 0 spiro atoms. The van der Waals surface area contributed by atoms with E-state index in [2.05, 4.69) is 20.0 Å². The van der Waals surface area contributed by atoms with E-state index in [1.54, 1.807) is 12.1 Å². The fourth-order valence-electron chi connectivity index (χ4n) is 3.28. The summed E-state index contributed by atoms with van der Waals surface area (Å²) in [5.41, 5.74) is 1.70. The lowest BCUT2D eigenvalue weighted by molar-refractivity contribution is 0.0684. The molecule has 0 bridgehead atoms. The zero-order valence-electron chi connectivity index (χ0n) is 13.6. The Morgan fingerprint density at radius 3 is 2.92 bits per heavy atom. The van der Waals surface area contributed by atoms with Gasteiger partial charge in [-0.15, -0.1) is 5.10 Å². The molecule has 0 aliphatic carbocycles. The molecule has 1 unspecified atom stereocenters. The summed E-state index contributed by atoms with van der Waals surface area (Å²) in [6.07, 6.45) is 0.882. The third kappa shape index (κ3) is 2.79. The molecule has 2 aromatic heterocycles. The Labute approximate surface area is 142 Å². The number of carboxylic acid groups (broad SMARTS) is 1. The number of aryl methyl sites for hydroxylation is 1. The van der Waals surface area contributed by atoms with E-state index < -0.39 is 5.97 Å². The van der Waals surface area contributed by atoms with Crippen LogP contribution in [0, 0.1) is 12.7 Å². The summed E-state index contributed by atoms with van der Waals surface area (Å²) < 4.78 is 14.9. The highest BCUT2D eigenvalue weighted by Gasteiger charge is 2.27. The second-order valence-electron chi connectivity index (χ2n) is 6.19. The predicted molar refractivity (Wildman–Crippen MR) is 88.4 cm³/mol. The summed E-state index contributed by atoms with van der Waals surface area (Å²) in [4.78, 5) is 21.5. The van der Waals surface area contributed by atoms with Gasteiger partial charge in [0.2, 0.25) is 0 Å². The van der Waals surface area contributed by atoms with Gasteiger partial charge in [0.05, 0.1) is 0 Å². The summed E-state index contributed by atoms with van der Waals surface area (Å²) in [7, 11) is 0. The van der Waals surface area contributed by atoms with Gasteiger partial charge in [-0.25, -0.2) is 14.2 Å². The van der Waals surface area contributed by atoms with Crippen LogP contribution >= 0.6 is 0 Å². The van der Waals surface area contributed by atoms with Crippen LogP contribution in [0.1, 0.15) is 34.2 Å². The van der Waals surface area contributed by atoms with Crippen LogP contribution in [-0.2, 0) is 0 Å². The second-order valence-corrected chi connectivity index (χ2v) is 6.19. The number of hydrogen-bond acceptors (Lipinski definition) is 5. The molecule has 1 aromatic carbocycles. The van der Waals surface area contributed by atoms with Crippen molar-refractivity contribution in [2.45, 2.75) is 19.3 Å². The number of rotatable bonds is 3. The van der Waals surface area contributed by atoms with Crippen molar-refractivity contribution in [2.75, 3.05) is 18.0 Å². The number of halogens is 1. The predicted octanol–water partition coefficient (Wildman–Crippen LogP) is 2.26. The van der Waals surface area contributed by atoms with Crippen molar-refractivity contribution >= 4 is 17.6 Å². The van der Waals surface area contributed by atoms with Gasteiger partial charge in [-0.05, 0) is 31.0 Å². The van der Waals surface area contributed by atoms with E-state index in [0.29, 0.717) is 6.54 Å². The van der Waals surface area contributed by atoms with Crippen molar-refractivity contribution < 1.29 is 14.3 Å². The monoisotopic (exact) mass is 341 g/mol. The topological polar surface area (TPSA) is 83.6 Å². The summed E-state index contributed by atoms with van der Waals surface area (Å²) in [5, 5.41) is 13.2. The van der Waals surface area contributed by atoms with Crippen LogP contribution in [0.15, 0.2) is 30.3 Å². The fraction of sp³-hybridized carbons (Fsp3) is 0.294. The molecule has 8 heteroatoms. The molecule has 3 aromatic rings. The fourth-order valence-corrected chi connectivity index (χ4v) is 3.28. The highest BCUT2D eigenvalue weighted by Crippen LogP contribution is 2.31. The lowest BCUT2D eigenvalue weighted by Gasteiger charge is -2.19. The SMILES string of the molecule is Cc1cc(N2CCC(c3cccc(F)c3)C2)n2nc(C(=O)O)nc2n1. The third-order valence-electron chi connectivity index (χ3n) is 4.45. The number of carbonyl (C=O) groups is 1. The van der Waals surface area contributed by atoms with Gasteiger partial charge in [-0.1, -0.05) is 12.1 Å². The van der Waals surface area contributed by atoms with E-state index >= 15 is 0 Å². The van der Waals surface area contributed by atoms with Crippen LogP contribution in [0.4, 0.5) is 10.2 Å². The first-order chi connectivity index (χ1) is 12.0. The Morgan fingerprint density at radius 1 is 1.32 bits per heavy atom. The zero-order valence-corrected chi connectivity index (χ0v) is 13.6. The molecule has 0 saturated carbocycles. The van der Waals surface area contributed by atoms with Crippen molar-refractivity contribution in [3.05, 3.63) is 53.2 Å².